The van der Waals surface area contributed by atoms with Crippen LogP contribution in [0.4, 0.5) is 0 Å². The number of hydrogen-bond acceptors (Lipinski definition) is 3. The molecule has 0 radical (unpaired) electrons. The highest BCUT2D eigenvalue weighted by molar-refractivity contribution is 6.04. The van der Waals surface area contributed by atoms with Crippen molar-refractivity contribution in [2.45, 2.75) is 13.5 Å². The van der Waals surface area contributed by atoms with Gasteiger partial charge in [0.1, 0.15) is 6.61 Å². The Bertz CT molecular complexity index is 701. The maximum atomic E-state index is 11.4. The second-order valence-electron chi connectivity index (χ2n) is 4.48. The number of carbonyl (C=O) groups excluding carboxylic acids is 1. The molecule has 0 saturated carbocycles. The molecule has 0 fully saturated rings. The zero-order chi connectivity index (χ0) is 14.7. The van der Waals surface area contributed by atoms with Crippen molar-refractivity contribution in [2.24, 2.45) is 0 Å². The Hall–Kier alpha value is -2.62. The minimum atomic E-state index is -0.980. The molecule has 2 aromatic rings. The van der Waals surface area contributed by atoms with Gasteiger partial charge in [-0.05, 0) is 29.3 Å². The largest absolute Gasteiger partial charge is 0.478 e. The molecule has 0 aliphatic rings. The minimum Gasteiger partial charge on any atom is -0.478 e. The van der Waals surface area contributed by atoms with Crippen LogP contribution < -0.4 is 0 Å². The van der Waals surface area contributed by atoms with Crippen LogP contribution in [0, 0.1) is 0 Å². The molecule has 0 bridgehead atoms. The van der Waals surface area contributed by atoms with Crippen LogP contribution in [0.15, 0.2) is 48.6 Å². The summed E-state index contributed by atoms with van der Waals surface area (Å²) >= 11 is 0. The molecule has 0 saturated heterocycles. The van der Waals surface area contributed by atoms with Gasteiger partial charge in [-0.1, -0.05) is 36.9 Å². The number of carboxylic acids is 1. The number of esters is 1. The zero-order valence-corrected chi connectivity index (χ0v) is 11.1. The van der Waals surface area contributed by atoms with E-state index in [0.29, 0.717) is 11.0 Å². The minimum absolute atomic E-state index is 0.0894. The van der Waals surface area contributed by atoms with Gasteiger partial charge in [0.25, 0.3) is 0 Å². The van der Waals surface area contributed by atoms with Crippen molar-refractivity contribution in [2.75, 3.05) is 0 Å². The molecule has 0 atom stereocenters. The van der Waals surface area contributed by atoms with Gasteiger partial charge in [-0.25, -0.2) is 9.59 Å². The smallest absolute Gasteiger partial charge is 0.336 e. The SMILES string of the molecule is C=C(C)C(=O)OCc1cccc2c(C(=O)O)cccc12. The summed E-state index contributed by atoms with van der Waals surface area (Å²) in [6, 6.07) is 10.3. The average Bonchev–Trinajstić information content (AvgIpc) is 2.43. The van der Waals surface area contributed by atoms with E-state index >= 15 is 0 Å². The lowest BCUT2D eigenvalue weighted by Gasteiger charge is -2.09. The lowest BCUT2D eigenvalue weighted by atomic mass is 10.0. The molecule has 0 unspecified atom stereocenters. The standard InChI is InChI=1S/C16H14O4/c1-10(2)16(19)20-9-11-5-3-7-13-12(11)6-4-8-14(13)15(17)18/h3-8H,1,9H2,2H3,(H,17,18). The highest BCUT2D eigenvalue weighted by atomic mass is 16.5. The van der Waals surface area contributed by atoms with E-state index in [9.17, 15) is 9.59 Å². The normalized spacial score (nSPS) is 10.2. The predicted molar refractivity (Wildman–Crippen MR) is 75.5 cm³/mol. The van der Waals surface area contributed by atoms with Gasteiger partial charge in [-0.2, -0.15) is 0 Å². The van der Waals surface area contributed by atoms with Gasteiger partial charge in [0.05, 0.1) is 5.56 Å². The van der Waals surface area contributed by atoms with E-state index in [1.807, 2.05) is 6.07 Å². The second kappa shape index (κ2) is 5.57. The van der Waals surface area contributed by atoms with E-state index in [1.54, 1.807) is 37.3 Å². The fraction of sp³-hybridized carbons (Fsp3) is 0.125. The molecule has 0 amide bonds. The van der Waals surface area contributed by atoms with Gasteiger partial charge in [0.15, 0.2) is 0 Å². The average molecular weight is 270 g/mol. The third kappa shape index (κ3) is 2.69. The molecule has 102 valence electrons. The van der Waals surface area contributed by atoms with Crippen molar-refractivity contribution < 1.29 is 19.4 Å². The van der Waals surface area contributed by atoms with Crippen molar-refractivity contribution in [3.05, 3.63) is 59.7 Å². The third-order valence-corrected chi connectivity index (χ3v) is 2.95. The third-order valence-electron chi connectivity index (χ3n) is 2.95. The Labute approximate surface area is 116 Å². The van der Waals surface area contributed by atoms with Crippen LogP contribution in [0.25, 0.3) is 10.8 Å². The second-order valence-corrected chi connectivity index (χ2v) is 4.48. The van der Waals surface area contributed by atoms with Crippen LogP contribution in [-0.2, 0) is 16.1 Å². The quantitative estimate of drug-likeness (QED) is 0.684. The molecule has 2 rings (SSSR count). The number of carboxylic acid groups (broad SMARTS) is 1. The highest BCUT2D eigenvalue weighted by Crippen LogP contribution is 2.23. The van der Waals surface area contributed by atoms with E-state index in [1.165, 1.54) is 0 Å². The van der Waals surface area contributed by atoms with Crippen LogP contribution in [0.1, 0.15) is 22.8 Å². The Morgan fingerprint density at radius 2 is 1.80 bits per heavy atom. The number of ether oxygens (including phenoxy) is 1. The molecule has 4 nitrogen and oxygen atoms in total. The Morgan fingerprint density at radius 3 is 2.45 bits per heavy atom. The maximum absolute atomic E-state index is 11.4. The lowest BCUT2D eigenvalue weighted by molar-refractivity contribution is -0.140. The van der Waals surface area contributed by atoms with Crippen molar-refractivity contribution in [1.82, 2.24) is 0 Å². The van der Waals surface area contributed by atoms with Crippen LogP contribution in [0.5, 0.6) is 0 Å². The molecular formula is C16H14O4. The highest BCUT2D eigenvalue weighted by Gasteiger charge is 2.11. The summed E-state index contributed by atoms with van der Waals surface area (Å²) in [5, 5.41) is 10.6. The van der Waals surface area contributed by atoms with Crippen molar-refractivity contribution in [1.29, 1.82) is 0 Å². The molecule has 0 aliphatic carbocycles. The van der Waals surface area contributed by atoms with E-state index in [-0.39, 0.29) is 12.2 Å². The number of aromatic carboxylic acids is 1. The molecular weight excluding hydrogens is 256 g/mol. The van der Waals surface area contributed by atoms with Gasteiger partial charge < -0.3 is 9.84 Å². The Morgan fingerprint density at radius 1 is 1.15 bits per heavy atom. The Balaban J connectivity index is 2.40. The van der Waals surface area contributed by atoms with E-state index < -0.39 is 11.9 Å². The van der Waals surface area contributed by atoms with Gasteiger partial charge in [0.2, 0.25) is 0 Å². The summed E-state index contributed by atoms with van der Waals surface area (Å²) in [5.74, 6) is -1.44. The summed E-state index contributed by atoms with van der Waals surface area (Å²) in [5.41, 5.74) is 1.33. The first-order valence-corrected chi connectivity index (χ1v) is 6.07. The maximum Gasteiger partial charge on any atom is 0.336 e. The van der Waals surface area contributed by atoms with Crippen LogP contribution >= 0.6 is 0 Å². The van der Waals surface area contributed by atoms with Crippen molar-refractivity contribution in [3.63, 3.8) is 0 Å². The first-order chi connectivity index (χ1) is 9.50. The predicted octanol–water partition coefficient (Wildman–Crippen LogP) is 3.16. The molecule has 0 aromatic heterocycles. The number of hydrogen-bond donors (Lipinski definition) is 1. The van der Waals surface area contributed by atoms with Crippen molar-refractivity contribution in [3.8, 4) is 0 Å². The van der Waals surface area contributed by atoms with Gasteiger partial charge >= 0.3 is 11.9 Å². The van der Waals surface area contributed by atoms with E-state index in [0.717, 1.165) is 10.9 Å². The fourth-order valence-corrected chi connectivity index (χ4v) is 1.95. The summed E-state index contributed by atoms with van der Waals surface area (Å²) in [4.78, 5) is 22.6. The molecule has 4 heteroatoms. The first kappa shape index (κ1) is 13.8. The summed E-state index contributed by atoms with van der Waals surface area (Å²) < 4.78 is 5.11. The van der Waals surface area contributed by atoms with E-state index in [2.05, 4.69) is 6.58 Å². The van der Waals surface area contributed by atoms with Gasteiger partial charge in [0, 0.05) is 5.57 Å². The molecule has 0 spiro atoms. The topological polar surface area (TPSA) is 63.6 Å². The number of rotatable bonds is 4. The zero-order valence-electron chi connectivity index (χ0n) is 11.1. The number of fused-ring (bicyclic) bond motifs is 1. The van der Waals surface area contributed by atoms with Gasteiger partial charge in [-0.15, -0.1) is 0 Å². The van der Waals surface area contributed by atoms with Crippen LogP contribution in [0.2, 0.25) is 0 Å². The summed E-state index contributed by atoms with van der Waals surface area (Å²) in [6.45, 7) is 5.18. The molecule has 20 heavy (non-hydrogen) atoms. The van der Waals surface area contributed by atoms with Crippen molar-refractivity contribution >= 4 is 22.7 Å². The monoisotopic (exact) mass is 270 g/mol. The molecule has 0 aliphatic heterocycles. The number of carbonyl (C=O) groups is 2. The van der Waals surface area contributed by atoms with E-state index in [4.69, 9.17) is 9.84 Å². The fourth-order valence-electron chi connectivity index (χ4n) is 1.95. The lowest BCUT2D eigenvalue weighted by Crippen LogP contribution is -2.05. The van der Waals surface area contributed by atoms with Gasteiger partial charge in [-0.3, -0.25) is 0 Å². The Kier molecular flexibility index (Phi) is 3.84. The molecule has 0 heterocycles. The molecule has 1 N–H and O–H groups in total. The first-order valence-electron chi connectivity index (χ1n) is 6.07. The summed E-state index contributed by atoms with van der Waals surface area (Å²) in [6.07, 6.45) is 0. The summed E-state index contributed by atoms with van der Waals surface area (Å²) in [7, 11) is 0. The number of benzene rings is 2. The molecule has 2 aromatic carbocycles. The van der Waals surface area contributed by atoms with Crippen LogP contribution in [0.3, 0.4) is 0 Å². The van der Waals surface area contributed by atoms with Crippen LogP contribution in [-0.4, -0.2) is 17.0 Å².